The van der Waals surface area contributed by atoms with Crippen molar-refractivity contribution < 1.29 is 41.4 Å². The van der Waals surface area contributed by atoms with Crippen LogP contribution in [0.1, 0.15) is 35.2 Å². The smallest absolute Gasteiger partial charge is 0.427 e. The van der Waals surface area contributed by atoms with Gasteiger partial charge in [0.25, 0.3) is 5.91 Å². The zero-order valence-corrected chi connectivity index (χ0v) is 21.0. The predicted molar refractivity (Wildman–Crippen MR) is 129 cm³/mol. The Kier molecular flexibility index (Phi) is 8.44. The summed E-state index contributed by atoms with van der Waals surface area (Å²) in [4.78, 5) is 28.2. The van der Waals surface area contributed by atoms with Gasteiger partial charge in [-0.2, -0.15) is 13.2 Å². The molecule has 1 unspecified atom stereocenters. The SMILES string of the molecule is COc1ccc(COCC(OC(=O)N2CCC3(CC2)CCN(C(=O)c2ccccc2F)C3)C(F)(F)F)cc1. The molecule has 2 aromatic rings. The van der Waals surface area contributed by atoms with Crippen LogP contribution in [0.3, 0.4) is 0 Å². The fraction of sp³-hybridized carbons (Fsp3) is 0.481. The van der Waals surface area contributed by atoms with Crippen LogP contribution in [-0.2, 0) is 16.1 Å². The molecule has 0 aromatic heterocycles. The van der Waals surface area contributed by atoms with E-state index in [1.807, 2.05) is 0 Å². The normalized spacial score (nSPS) is 17.9. The third-order valence-corrected chi connectivity index (χ3v) is 7.22. The van der Waals surface area contributed by atoms with E-state index < -0.39 is 30.8 Å². The maximum atomic E-state index is 14.0. The van der Waals surface area contributed by atoms with E-state index >= 15 is 0 Å². The van der Waals surface area contributed by atoms with Gasteiger partial charge in [0.1, 0.15) is 11.6 Å². The number of halogens is 4. The maximum Gasteiger partial charge on any atom is 0.427 e. The average Bonchev–Trinajstić information content (AvgIpc) is 3.31. The molecule has 0 bridgehead atoms. The fourth-order valence-corrected chi connectivity index (χ4v) is 4.88. The molecule has 0 radical (unpaired) electrons. The number of nitrogens with zero attached hydrogens (tertiary/aromatic N) is 2. The lowest BCUT2D eigenvalue weighted by molar-refractivity contribution is -0.220. The van der Waals surface area contributed by atoms with Crippen LogP contribution in [0.5, 0.6) is 5.75 Å². The van der Waals surface area contributed by atoms with E-state index in [2.05, 4.69) is 0 Å². The molecule has 4 rings (SSSR count). The molecule has 0 aliphatic carbocycles. The number of rotatable bonds is 7. The molecule has 2 aromatic carbocycles. The Balaban J connectivity index is 1.27. The number of ether oxygens (including phenoxy) is 3. The van der Waals surface area contributed by atoms with Crippen LogP contribution in [0.25, 0.3) is 0 Å². The fourth-order valence-electron chi connectivity index (χ4n) is 4.88. The third kappa shape index (κ3) is 6.56. The molecular weight excluding hydrogens is 508 g/mol. The number of carbonyl (C=O) groups excluding carboxylic acids is 2. The first-order valence-corrected chi connectivity index (χ1v) is 12.4. The predicted octanol–water partition coefficient (Wildman–Crippen LogP) is 5.05. The summed E-state index contributed by atoms with van der Waals surface area (Å²) in [5, 5.41) is 0. The zero-order valence-electron chi connectivity index (χ0n) is 21.0. The van der Waals surface area contributed by atoms with E-state index in [0.29, 0.717) is 43.7 Å². The number of hydrogen-bond acceptors (Lipinski definition) is 5. The van der Waals surface area contributed by atoms with Crippen LogP contribution >= 0.6 is 0 Å². The van der Waals surface area contributed by atoms with Crippen LogP contribution in [0, 0.1) is 11.2 Å². The first-order valence-electron chi connectivity index (χ1n) is 12.4. The standard InChI is InChI=1S/C27H30F4N2O5/c1-36-20-8-6-19(7-9-20)16-37-17-23(27(29,30)31)38-25(35)32-13-10-26(11-14-32)12-15-33(18-26)24(34)21-4-2-3-5-22(21)28/h2-9,23H,10-18H2,1H3. The highest BCUT2D eigenvalue weighted by Crippen LogP contribution is 2.41. The van der Waals surface area contributed by atoms with Crippen molar-refractivity contribution in [3.63, 3.8) is 0 Å². The first kappa shape index (κ1) is 27.7. The number of likely N-dealkylation sites (tertiary alicyclic amines) is 2. The van der Waals surface area contributed by atoms with Gasteiger partial charge < -0.3 is 24.0 Å². The van der Waals surface area contributed by atoms with E-state index in [4.69, 9.17) is 14.2 Å². The maximum absolute atomic E-state index is 14.0. The summed E-state index contributed by atoms with van der Waals surface area (Å²) in [5.41, 5.74) is 0.402. The van der Waals surface area contributed by atoms with Crippen molar-refractivity contribution >= 4 is 12.0 Å². The first-order chi connectivity index (χ1) is 18.1. The summed E-state index contributed by atoms with van der Waals surface area (Å²) in [6.07, 6.45) is -6.54. The molecule has 2 aliphatic heterocycles. The van der Waals surface area contributed by atoms with Gasteiger partial charge in [-0.3, -0.25) is 4.79 Å². The third-order valence-electron chi connectivity index (χ3n) is 7.22. The second-order valence-electron chi connectivity index (χ2n) is 9.72. The van der Waals surface area contributed by atoms with Gasteiger partial charge >= 0.3 is 12.3 Å². The Morgan fingerprint density at radius 3 is 2.21 bits per heavy atom. The number of alkyl halides is 3. The molecule has 0 N–H and O–H groups in total. The number of methoxy groups -OCH3 is 1. The summed E-state index contributed by atoms with van der Waals surface area (Å²) < 4.78 is 69.7. The molecule has 2 amide bonds. The molecule has 7 nitrogen and oxygen atoms in total. The van der Waals surface area contributed by atoms with Crippen LogP contribution < -0.4 is 4.74 Å². The topological polar surface area (TPSA) is 68.3 Å². The van der Waals surface area contributed by atoms with Crippen LogP contribution in [0.2, 0.25) is 0 Å². The Morgan fingerprint density at radius 2 is 1.61 bits per heavy atom. The summed E-state index contributed by atoms with van der Waals surface area (Å²) in [7, 11) is 1.51. The van der Waals surface area contributed by atoms with Crippen molar-refractivity contribution in [2.75, 3.05) is 39.9 Å². The highest BCUT2D eigenvalue weighted by atomic mass is 19.4. The molecule has 206 valence electrons. The monoisotopic (exact) mass is 538 g/mol. The van der Waals surface area contributed by atoms with Gasteiger partial charge in [-0.15, -0.1) is 0 Å². The lowest BCUT2D eigenvalue weighted by atomic mass is 9.78. The second kappa shape index (κ2) is 11.6. The summed E-state index contributed by atoms with van der Waals surface area (Å²) in [6, 6.07) is 12.5. The summed E-state index contributed by atoms with van der Waals surface area (Å²) in [5.74, 6) is -0.353. The van der Waals surface area contributed by atoms with Gasteiger partial charge in [0.05, 0.1) is 25.9 Å². The Bertz CT molecular complexity index is 1120. The second-order valence-corrected chi connectivity index (χ2v) is 9.72. The number of carbonyl (C=O) groups is 2. The number of amides is 2. The van der Waals surface area contributed by atoms with Gasteiger partial charge in [0.15, 0.2) is 0 Å². The highest BCUT2D eigenvalue weighted by molar-refractivity contribution is 5.94. The minimum absolute atomic E-state index is 0.0120. The van der Waals surface area contributed by atoms with E-state index in [1.54, 1.807) is 35.2 Å². The Hall–Kier alpha value is -3.34. The molecule has 1 atom stereocenters. The van der Waals surface area contributed by atoms with Crippen molar-refractivity contribution in [2.24, 2.45) is 5.41 Å². The van der Waals surface area contributed by atoms with Gasteiger partial charge in [0.2, 0.25) is 6.10 Å². The summed E-state index contributed by atoms with van der Waals surface area (Å²) in [6.45, 7) is 0.372. The molecule has 0 saturated carbocycles. The zero-order chi connectivity index (χ0) is 27.3. The van der Waals surface area contributed by atoms with Gasteiger partial charge in [-0.05, 0) is 54.5 Å². The van der Waals surface area contributed by atoms with Crippen LogP contribution in [0.4, 0.5) is 22.4 Å². The molecule has 2 heterocycles. The molecule has 2 aliphatic rings. The van der Waals surface area contributed by atoms with Crippen molar-refractivity contribution in [1.29, 1.82) is 0 Å². The number of piperidine rings is 1. The molecule has 2 fully saturated rings. The minimum Gasteiger partial charge on any atom is -0.497 e. The summed E-state index contributed by atoms with van der Waals surface area (Å²) >= 11 is 0. The van der Waals surface area contributed by atoms with Gasteiger partial charge in [0, 0.05) is 26.2 Å². The highest BCUT2D eigenvalue weighted by Gasteiger charge is 2.46. The average molecular weight is 539 g/mol. The number of hydrogen-bond donors (Lipinski definition) is 0. The van der Waals surface area contributed by atoms with Crippen LogP contribution in [-0.4, -0.2) is 74.0 Å². The number of benzene rings is 2. The van der Waals surface area contributed by atoms with E-state index in [9.17, 15) is 27.2 Å². The van der Waals surface area contributed by atoms with Crippen molar-refractivity contribution in [3.8, 4) is 5.75 Å². The van der Waals surface area contributed by atoms with Crippen molar-refractivity contribution in [3.05, 3.63) is 65.5 Å². The molecular formula is C27H30F4N2O5. The largest absolute Gasteiger partial charge is 0.497 e. The van der Waals surface area contributed by atoms with Gasteiger partial charge in [-0.1, -0.05) is 24.3 Å². The van der Waals surface area contributed by atoms with Crippen LogP contribution in [0.15, 0.2) is 48.5 Å². The molecule has 38 heavy (non-hydrogen) atoms. The van der Waals surface area contributed by atoms with Crippen molar-refractivity contribution in [2.45, 2.75) is 38.1 Å². The van der Waals surface area contributed by atoms with Gasteiger partial charge in [-0.25, -0.2) is 9.18 Å². The van der Waals surface area contributed by atoms with E-state index in [0.717, 1.165) is 0 Å². The quantitative estimate of drug-likeness (QED) is 0.462. The lowest BCUT2D eigenvalue weighted by Crippen LogP contribution is -2.47. The lowest BCUT2D eigenvalue weighted by Gasteiger charge is -2.39. The Labute approximate surface area is 218 Å². The molecule has 11 heteroatoms. The van der Waals surface area contributed by atoms with Crippen molar-refractivity contribution in [1.82, 2.24) is 9.80 Å². The Morgan fingerprint density at radius 1 is 0.974 bits per heavy atom. The molecule has 2 saturated heterocycles. The minimum atomic E-state index is -4.79. The molecule has 1 spiro atoms. The van der Waals surface area contributed by atoms with E-state index in [1.165, 1.54) is 30.2 Å². The van der Waals surface area contributed by atoms with E-state index in [-0.39, 0.29) is 36.6 Å².